The van der Waals surface area contributed by atoms with Crippen molar-refractivity contribution in [1.82, 2.24) is 15.4 Å². The smallest absolute Gasteiger partial charge is 0.187 e. The second-order valence-corrected chi connectivity index (χ2v) is 7.23. The number of halogens is 1. The molecule has 0 spiro atoms. The van der Waals surface area contributed by atoms with Gasteiger partial charge in [0.05, 0.1) is 32.4 Å². The number of nitrogens with zero attached hydrogens (tertiary/aromatic N) is 2. The lowest BCUT2D eigenvalue weighted by Crippen LogP contribution is -1.96. The number of aromatic amines is 1. The summed E-state index contributed by atoms with van der Waals surface area (Å²) in [7, 11) is 4.80. The first-order valence-electron chi connectivity index (χ1n) is 8.72. The Labute approximate surface area is 181 Å². The summed E-state index contributed by atoms with van der Waals surface area (Å²) in [4.78, 5) is 0.791. The average Bonchev–Trinajstić information content (AvgIpc) is 3.36. The van der Waals surface area contributed by atoms with Crippen molar-refractivity contribution < 1.29 is 18.7 Å². The molecule has 2 heterocycles. The molecular weight excluding hydrogens is 430 g/mol. The number of nitrogens with one attached hydrogen (secondary N) is 3. The molecule has 2 aromatic carbocycles. The van der Waals surface area contributed by atoms with E-state index in [1.54, 1.807) is 33.5 Å². The fourth-order valence-corrected chi connectivity index (χ4v) is 3.82. The van der Waals surface area contributed by atoms with Gasteiger partial charge in [0.2, 0.25) is 0 Å². The predicted molar refractivity (Wildman–Crippen MR) is 116 cm³/mol. The first-order valence-corrected chi connectivity index (χ1v) is 9.91. The molecule has 0 aliphatic carbocycles. The van der Waals surface area contributed by atoms with Crippen LogP contribution in [0.2, 0.25) is 5.15 Å². The van der Waals surface area contributed by atoms with E-state index in [-0.39, 0.29) is 0 Å². The molecule has 4 rings (SSSR count). The molecule has 0 aliphatic rings. The molecule has 0 saturated heterocycles. The molecule has 0 atom stereocenters. The number of aromatic nitrogens is 3. The summed E-state index contributed by atoms with van der Waals surface area (Å²) < 4.78 is 25.1. The van der Waals surface area contributed by atoms with Crippen LogP contribution in [-0.2, 0) is 0 Å². The van der Waals surface area contributed by atoms with Crippen LogP contribution in [0.5, 0.6) is 17.2 Å². The normalized spacial score (nSPS) is 10.8. The lowest BCUT2D eigenvalue weighted by molar-refractivity contribution is 0.376. The molecule has 0 amide bonds. The summed E-state index contributed by atoms with van der Waals surface area (Å²) in [6.45, 7) is 0. The van der Waals surface area contributed by atoms with E-state index in [2.05, 4.69) is 25.4 Å². The first-order chi connectivity index (χ1) is 14.6. The largest absolute Gasteiger partial charge is 0.495 e. The number of methoxy groups -OCH3 is 3. The van der Waals surface area contributed by atoms with E-state index in [9.17, 15) is 0 Å². The van der Waals surface area contributed by atoms with Crippen LogP contribution in [0.1, 0.15) is 0 Å². The number of rotatable bonds is 8. The molecule has 156 valence electrons. The molecule has 0 radical (unpaired) electrons. The lowest BCUT2D eigenvalue weighted by atomic mass is 10.2. The molecule has 3 N–H and O–H groups in total. The van der Waals surface area contributed by atoms with Gasteiger partial charge in [0, 0.05) is 12.1 Å². The Morgan fingerprint density at radius 3 is 2.40 bits per heavy atom. The van der Waals surface area contributed by atoms with Gasteiger partial charge >= 0.3 is 0 Å². The highest BCUT2D eigenvalue weighted by Gasteiger charge is 2.17. The fourth-order valence-electron chi connectivity index (χ4n) is 2.82. The maximum Gasteiger partial charge on any atom is 0.187 e. The van der Waals surface area contributed by atoms with Crippen LogP contribution in [-0.4, -0.2) is 36.7 Å². The van der Waals surface area contributed by atoms with E-state index in [4.69, 9.17) is 30.3 Å². The van der Waals surface area contributed by atoms with Crippen LogP contribution in [0.15, 0.2) is 45.8 Å². The quantitative estimate of drug-likeness (QED) is 0.318. The van der Waals surface area contributed by atoms with Gasteiger partial charge in [0.15, 0.2) is 17.2 Å². The third-order valence-electron chi connectivity index (χ3n) is 4.23. The van der Waals surface area contributed by atoms with E-state index < -0.39 is 0 Å². The highest BCUT2D eigenvalue weighted by molar-refractivity contribution is 8.00. The van der Waals surface area contributed by atoms with E-state index in [1.807, 2.05) is 24.3 Å². The maximum atomic E-state index is 5.88. The number of fused-ring (bicyclic) bond motifs is 1. The van der Waals surface area contributed by atoms with Gasteiger partial charge in [0.25, 0.3) is 0 Å². The molecule has 9 nitrogen and oxygen atoms in total. The number of H-pyrrole nitrogens is 1. The van der Waals surface area contributed by atoms with E-state index in [0.717, 1.165) is 10.3 Å². The van der Waals surface area contributed by atoms with Gasteiger partial charge < -0.3 is 28.8 Å². The van der Waals surface area contributed by atoms with Gasteiger partial charge in [-0.2, -0.15) is 5.10 Å². The predicted octanol–water partition coefficient (Wildman–Crippen LogP) is 5.09. The van der Waals surface area contributed by atoms with Gasteiger partial charge in [-0.25, -0.2) is 0 Å². The zero-order valence-electron chi connectivity index (χ0n) is 16.3. The molecule has 2 aromatic heterocycles. The van der Waals surface area contributed by atoms with Gasteiger partial charge in [-0.05, 0) is 30.1 Å². The maximum absolute atomic E-state index is 5.88. The Kier molecular flexibility index (Phi) is 5.77. The van der Waals surface area contributed by atoms with Crippen LogP contribution in [0.25, 0.3) is 11.0 Å². The topological polar surface area (TPSA) is 106 Å². The van der Waals surface area contributed by atoms with Crippen LogP contribution in [0.3, 0.4) is 0 Å². The van der Waals surface area contributed by atoms with Crippen molar-refractivity contribution in [3.8, 4) is 17.2 Å². The number of anilines is 3. The lowest BCUT2D eigenvalue weighted by Gasteiger charge is -2.12. The zero-order chi connectivity index (χ0) is 21.1. The number of ether oxygens (including phenoxy) is 3. The molecule has 0 unspecified atom stereocenters. The van der Waals surface area contributed by atoms with E-state index in [0.29, 0.717) is 45.3 Å². The average molecular weight is 448 g/mol. The minimum absolute atomic E-state index is 0.424. The van der Waals surface area contributed by atoms with Crippen molar-refractivity contribution in [2.45, 2.75) is 4.90 Å². The van der Waals surface area contributed by atoms with Crippen molar-refractivity contribution >= 4 is 51.8 Å². The van der Waals surface area contributed by atoms with Gasteiger partial charge in [-0.1, -0.05) is 22.8 Å². The minimum atomic E-state index is 0.424. The zero-order valence-corrected chi connectivity index (χ0v) is 17.9. The second-order valence-electron chi connectivity index (χ2n) is 6.00. The van der Waals surface area contributed by atoms with Crippen molar-refractivity contribution in [3.05, 3.63) is 41.6 Å². The Morgan fingerprint density at radius 1 is 1.03 bits per heavy atom. The third-order valence-corrected chi connectivity index (χ3v) is 5.33. The Balaban J connectivity index is 1.62. The second kappa shape index (κ2) is 8.64. The van der Waals surface area contributed by atoms with Crippen LogP contribution in [0, 0.1) is 0 Å². The summed E-state index contributed by atoms with van der Waals surface area (Å²) in [6, 6.07) is 10.8. The molecule has 4 aromatic rings. The van der Waals surface area contributed by atoms with Crippen molar-refractivity contribution in [2.24, 2.45) is 0 Å². The molecule has 0 fully saturated rings. The van der Waals surface area contributed by atoms with Crippen LogP contribution >= 0.6 is 23.5 Å². The number of benzene rings is 2. The molecular formula is C19H18ClN5O4S. The third kappa shape index (κ3) is 3.91. The van der Waals surface area contributed by atoms with Gasteiger partial charge in [0.1, 0.15) is 27.3 Å². The standard InChI is InChI=1S/C19H18ClN5O4S/c1-26-12-5-4-6-13(27-2)18(12)30-25-19-10-7-15(28-3)11(8-14(10)29-24-19)21-17-9-16(20)22-23-17/h4-9H,1-3H3,(H,24,25)(H2,21,22,23). The molecule has 0 aliphatic heterocycles. The summed E-state index contributed by atoms with van der Waals surface area (Å²) in [5.41, 5.74) is 1.23. The van der Waals surface area contributed by atoms with Gasteiger partial charge in [-0.15, -0.1) is 0 Å². The molecule has 11 heteroatoms. The van der Waals surface area contributed by atoms with Crippen LogP contribution < -0.4 is 24.2 Å². The SMILES string of the molecule is COc1cc2c(NSc3c(OC)cccc3OC)noc2cc1Nc1cc(Cl)[nH]n1. The molecule has 30 heavy (non-hydrogen) atoms. The minimum Gasteiger partial charge on any atom is -0.495 e. The summed E-state index contributed by atoms with van der Waals surface area (Å²) in [6.07, 6.45) is 0. The van der Waals surface area contributed by atoms with Crippen molar-refractivity contribution in [3.63, 3.8) is 0 Å². The fraction of sp³-hybridized carbons (Fsp3) is 0.158. The summed E-state index contributed by atoms with van der Waals surface area (Å²) in [5, 5.41) is 15.2. The Hall–Kier alpha value is -3.24. The number of hydrogen-bond donors (Lipinski definition) is 3. The van der Waals surface area contributed by atoms with Crippen LogP contribution in [0.4, 0.5) is 17.3 Å². The summed E-state index contributed by atoms with van der Waals surface area (Å²) >= 11 is 7.19. The van der Waals surface area contributed by atoms with Crippen molar-refractivity contribution in [2.75, 3.05) is 31.4 Å². The van der Waals surface area contributed by atoms with E-state index in [1.165, 1.54) is 11.9 Å². The van der Waals surface area contributed by atoms with Gasteiger partial charge in [-0.3, -0.25) is 5.10 Å². The first kappa shape index (κ1) is 20.0. The highest BCUT2D eigenvalue weighted by atomic mass is 35.5. The molecule has 0 saturated carbocycles. The van der Waals surface area contributed by atoms with E-state index >= 15 is 0 Å². The molecule has 0 bridgehead atoms. The van der Waals surface area contributed by atoms with Crippen molar-refractivity contribution in [1.29, 1.82) is 0 Å². The number of hydrogen-bond acceptors (Lipinski definition) is 9. The Morgan fingerprint density at radius 2 is 1.77 bits per heavy atom. The monoisotopic (exact) mass is 447 g/mol. The highest BCUT2D eigenvalue weighted by Crippen LogP contribution is 2.40. The Bertz CT molecular complexity index is 1160. The summed E-state index contributed by atoms with van der Waals surface area (Å²) in [5.74, 6) is 3.04.